The van der Waals surface area contributed by atoms with E-state index in [0.717, 1.165) is 17.6 Å². The van der Waals surface area contributed by atoms with E-state index in [1.54, 1.807) is 0 Å². The highest BCUT2D eigenvalue weighted by Crippen LogP contribution is 2.40. The lowest BCUT2D eigenvalue weighted by Gasteiger charge is -2.26. The summed E-state index contributed by atoms with van der Waals surface area (Å²) in [5.74, 6) is 0. The molecule has 0 bridgehead atoms. The zero-order chi connectivity index (χ0) is 12.4. The van der Waals surface area contributed by atoms with Gasteiger partial charge in [-0.05, 0) is 31.2 Å². The van der Waals surface area contributed by atoms with Crippen molar-refractivity contribution in [2.24, 2.45) is 0 Å². The molecular formula is C14H18N2OS. The van der Waals surface area contributed by atoms with Crippen molar-refractivity contribution in [3.05, 3.63) is 24.3 Å². The summed E-state index contributed by atoms with van der Waals surface area (Å²) in [6.45, 7) is 0.945. The quantitative estimate of drug-likeness (QED) is 0.906. The minimum atomic E-state index is 0.376. The smallest absolute Gasteiger partial charge is 0.295 e. The second-order valence-electron chi connectivity index (χ2n) is 4.93. The monoisotopic (exact) mass is 262 g/mol. The molecule has 96 valence electrons. The van der Waals surface area contributed by atoms with Crippen molar-refractivity contribution in [2.75, 3.05) is 18.1 Å². The molecule has 1 aromatic heterocycles. The highest BCUT2D eigenvalue weighted by molar-refractivity contribution is 8.00. The molecular weight excluding hydrogens is 244 g/mol. The van der Waals surface area contributed by atoms with E-state index in [0.29, 0.717) is 10.8 Å². The van der Waals surface area contributed by atoms with E-state index in [1.165, 1.54) is 25.7 Å². The third-order valence-corrected chi connectivity index (χ3v) is 5.22. The summed E-state index contributed by atoms with van der Waals surface area (Å²) in [5, 5.41) is 3.37. The molecule has 0 radical (unpaired) electrons. The van der Waals surface area contributed by atoms with Gasteiger partial charge in [0.2, 0.25) is 0 Å². The fraction of sp³-hybridized carbons (Fsp3) is 0.500. The Labute approximate surface area is 111 Å². The molecule has 3 rings (SSSR count). The van der Waals surface area contributed by atoms with Crippen molar-refractivity contribution in [1.82, 2.24) is 4.98 Å². The molecule has 0 atom stereocenters. The van der Waals surface area contributed by atoms with Crippen LogP contribution in [0.3, 0.4) is 0 Å². The number of hydrogen-bond donors (Lipinski definition) is 1. The Kier molecular flexibility index (Phi) is 3.20. The average Bonchev–Trinajstić information content (AvgIpc) is 3.03. The number of fused-ring (bicyclic) bond motifs is 1. The van der Waals surface area contributed by atoms with Gasteiger partial charge in [0.15, 0.2) is 5.58 Å². The topological polar surface area (TPSA) is 38.1 Å². The highest BCUT2D eigenvalue weighted by atomic mass is 32.2. The summed E-state index contributed by atoms with van der Waals surface area (Å²) in [6.07, 6.45) is 7.48. The highest BCUT2D eigenvalue weighted by Gasteiger charge is 2.33. The van der Waals surface area contributed by atoms with E-state index in [1.807, 2.05) is 36.0 Å². The lowest BCUT2D eigenvalue weighted by atomic mass is 10.1. The van der Waals surface area contributed by atoms with E-state index in [2.05, 4.69) is 16.6 Å². The van der Waals surface area contributed by atoms with Gasteiger partial charge in [0.05, 0.1) is 0 Å². The summed E-state index contributed by atoms with van der Waals surface area (Å²) in [4.78, 5) is 4.45. The van der Waals surface area contributed by atoms with Crippen LogP contribution in [-0.4, -0.2) is 22.5 Å². The van der Waals surface area contributed by atoms with Crippen LogP contribution in [0, 0.1) is 0 Å². The van der Waals surface area contributed by atoms with Crippen LogP contribution in [-0.2, 0) is 0 Å². The van der Waals surface area contributed by atoms with Gasteiger partial charge in [-0.15, -0.1) is 0 Å². The summed E-state index contributed by atoms with van der Waals surface area (Å²) in [7, 11) is 0. The van der Waals surface area contributed by atoms with Crippen molar-refractivity contribution >= 4 is 28.9 Å². The standard InChI is InChI=1S/C14H18N2OS/c1-18-14(8-4-5-9-14)10-15-13-16-11-6-2-3-7-12(11)17-13/h2-3,6-7H,4-5,8-10H2,1H3,(H,15,16). The Bertz CT molecular complexity index is 498. The zero-order valence-electron chi connectivity index (χ0n) is 10.6. The van der Waals surface area contributed by atoms with Crippen LogP contribution in [0.4, 0.5) is 6.01 Å². The predicted octanol–water partition coefficient (Wildman–Crippen LogP) is 3.92. The van der Waals surface area contributed by atoms with Crippen LogP contribution in [0.5, 0.6) is 0 Å². The minimum absolute atomic E-state index is 0.376. The molecule has 0 spiro atoms. The Balaban J connectivity index is 1.72. The molecule has 1 saturated carbocycles. The first kappa shape index (κ1) is 11.9. The molecule has 18 heavy (non-hydrogen) atoms. The number of nitrogens with zero attached hydrogens (tertiary/aromatic N) is 1. The fourth-order valence-electron chi connectivity index (χ4n) is 2.66. The van der Waals surface area contributed by atoms with Crippen LogP contribution >= 0.6 is 11.8 Å². The third kappa shape index (κ3) is 2.21. The number of rotatable bonds is 4. The van der Waals surface area contributed by atoms with Gasteiger partial charge in [0.1, 0.15) is 5.52 Å². The van der Waals surface area contributed by atoms with E-state index < -0.39 is 0 Å². The van der Waals surface area contributed by atoms with Gasteiger partial charge in [0.25, 0.3) is 6.01 Å². The largest absolute Gasteiger partial charge is 0.424 e. The molecule has 1 fully saturated rings. The molecule has 0 amide bonds. The Hall–Kier alpha value is -1.16. The van der Waals surface area contributed by atoms with E-state index >= 15 is 0 Å². The van der Waals surface area contributed by atoms with Gasteiger partial charge >= 0.3 is 0 Å². The van der Waals surface area contributed by atoms with E-state index in [9.17, 15) is 0 Å². The molecule has 4 heteroatoms. The average molecular weight is 262 g/mol. The molecule has 1 N–H and O–H groups in total. The predicted molar refractivity (Wildman–Crippen MR) is 77.2 cm³/mol. The number of benzene rings is 1. The molecule has 0 unspecified atom stereocenters. The second-order valence-corrected chi connectivity index (χ2v) is 6.21. The minimum Gasteiger partial charge on any atom is -0.424 e. The van der Waals surface area contributed by atoms with Gasteiger partial charge in [-0.2, -0.15) is 16.7 Å². The summed E-state index contributed by atoms with van der Waals surface area (Å²) in [6, 6.07) is 8.53. The number of nitrogens with one attached hydrogen (secondary N) is 1. The van der Waals surface area contributed by atoms with Crippen LogP contribution in [0.25, 0.3) is 11.1 Å². The molecule has 0 saturated heterocycles. The number of hydrogen-bond acceptors (Lipinski definition) is 4. The van der Waals surface area contributed by atoms with E-state index in [-0.39, 0.29) is 0 Å². The fourth-order valence-corrected chi connectivity index (χ4v) is 3.57. The maximum absolute atomic E-state index is 5.69. The van der Waals surface area contributed by atoms with Crippen LogP contribution in [0.1, 0.15) is 25.7 Å². The number of oxazole rings is 1. The van der Waals surface area contributed by atoms with Gasteiger partial charge < -0.3 is 9.73 Å². The van der Waals surface area contributed by atoms with Gasteiger partial charge in [-0.25, -0.2) is 0 Å². The Morgan fingerprint density at radius 3 is 2.83 bits per heavy atom. The lowest BCUT2D eigenvalue weighted by Crippen LogP contribution is -2.30. The first-order valence-electron chi connectivity index (χ1n) is 6.46. The van der Waals surface area contributed by atoms with Crippen molar-refractivity contribution in [3.63, 3.8) is 0 Å². The number of thioether (sulfide) groups is 1. The van der Waals surface area contributed by atoms with E-state index in [4.69, 9.17) is 4.42 Å². The molecule has 2 aromatic rings. The third-order valence-electron chi connectivity index (χ3n) is 3.80. The van der Waals surface area contributed by atoms with Crippen LogP contribution in [0.15, 0.2) is 28.7 Å². The van der Waals surface area contributed by atoms with Gasteiger partial charge in [-0.1, -0.05) is 25.0 Å². The first-order chi connectivity index (χ1) is 8.81. The molecule has 1 heterocycles. The molecule has 1 aromatic carbocycles. The zero-order valence-corrected chi connectivity index (χ0v) is 11.4. The Morgan fingerprint density at radius 2 is 2.11 bits per heavy atom. The SMILES string of the molecule is CSC1(CNc2nc3ccccc3o2)CCCC1. The number of para-hydroxylation sites is 2. The summed E-state index contributed by atoms with van der Waals surface area (Å²) in [5.41, 5.74) is 1.77. The number of anilines is 1. The molecule has 1 aliphatic carbocycles. The maximum atomic E-state index is 5.69. The van der Waals surface area contributed by atoms with Crippen molar-refractivity contribution < 1.29 is 4.42 Å². The van der Waals surface area contributed by atoms with Gasteiger partial charge in [-0.3, -0.25) is 0 Å². The summed E-state index contributed by atoms with van der Waals surface area (Å²) < 4.78 is 6.06. The maximum Gasteiger partial charge on any atom is 0.295 e. The summed E-state index contributed by atoms with van der Waals surface area (Å²) >= 11 is 1.97. The molecule has 0 aliphatic heterocycles. The normalized spacial score (nSPS) is 18.3. The number of aromatic nitrogens is 1. The van der Waals surface area contributed by atoms with Crippen molar-refractivity contribution in [1.29, 1.82) is 0 Å². The molecule has 1 aliphatic rings. The molecule has 3 nitrogen and oxygen atoms in total. The van der Waals surface area contributed by atoms with Crippen molar-refractivity contribution in [2.45, 2.75) is 30.4 Å². The van der Waals surface area contributed by atoms with Crippen LogP contribution < -0.4 is 5.32 Å². The second kappa shape index (κ2) is 4.84. The first-order valence-corrected chi connectivity index (χ1v) is 7.68. The Morgan fingerprint density at radius 1 is 1.33 bits per heavy atom. The van der Waals surface area contributed by atoms with Crippen molar-refractivity contribution in [3.8, 4) is 0 Å². The van der Waals surface area contributed by atoms with Crippen LogP contribution in [0.2, 0.25) is 0 Å². The lowest BCUT2D eigenvalue weighted by molar-refractivity contribution is 0.586. The van der Waals surface area contributed by atoms with Gasteiger partial charge in [0, 0.05) is 11.3 Å².